The maximum absolute atomic E-state index is 11.3. The summed E-state index contributed by atoms with van der Waals surface area (Å²) in [5.74, 6) is -0.634. The van der Waals surface area contributed by atoms with Gasteiger partial charge in [0.25, 0.3) is 5.69 Å². The third-order valence-electron chi connectivity index (χ3n) is 2.15. The van der Waals surface area contributed by atoms with Crippen LogP contribution in [0.25, 0.3) is 6.08 Å². The highest BCUT2D eigenvalue weighted by Crippen LogP contribution is 2.22. The van der Waals surface area contributed by atoms with Gasteiger partial charge in [0.15, 0.2) is 0 Å². The van der Waals surface area contributed by atoms with Crippen LogP contribution in [0, 0.1) is 21.4 Å². The minimum Gasteiger partial charge on any atom is -0.465 e. The highest BCUT2D eigenvalue weighted by Gasteiger charge is 2.16. The number of rotatable bonds is 4. The number of esters is 1. The number of hydrogen-bond acceptors (Lipinski definition) is 5. The van der Waals surface area contributed by atoms with Gasteiger partial charge in [0.1, 0.15) is 0 Å². The molecular formula is C12H10N2O4. The van der Waals surface area contributed by atoms with Gasteiger partial charge in [0.05, 0.1) is 35.7 Å². The number of carbonyl (C=O) groups excluding carboxylic acids is 1. The van der Waals surface area contributed by atoms with Crippen molar-refractivity contribution in [3.8, 4) is 6.07 Å². The molecule has 0 unspecified atom stereocenters. The van der Waals surface area contributed by atoms with Crippen LogP contribution in [0.3, 0.4) is 0 Å². The molecule has 6 nitrogen and oxygen atoms in total. The van der Waals surface area contributed by atoms with Crippen LogP contribution in [0.15, 0.2) is 24.3 Å². The molecule has 0 aliphatic rings. The Morgan fingerprint density at radius 2 is 2.33 bits per heavy atom. The lowest BCUT2D eigenvalue weighted by Crippen LogP contribution is -2.02. The summed E-state index contributed by atoms with van der Waals surface area (Å²) in [7, 11) is 1.20. The number of methoxy groups -OCH3 is 1. The van der Waals surface area contributed by atoms with Crippen molar-refractivity contribution in [2.45, 2.75) is 6.42 Å². The number of nitro groups is 1. The van der Waals surface area contributed by atoms with Crippen molar-refractivity contribution in [2.24, 2.45) is 0 Å². The van der Waals surface area contributed by atoms with Gasteiger partial charge in [-0.15, -0.1) is 0 Å². The third-order valence-corrected chi connectivity index (χ3v) is 2.15. The van der Waals surface area contributed by atoms with Gasteiger partial charge < -0.3 is 4.74 Å². The van der Waals surface area contributed by atoms with E-state index in [-0.39, 0.29) is 17.7 Å². The van der Waals surface area contributed by atoms with Crippen molar-refractivity contribution in [2.75, 3.05) is 7.11 Å². The van der Waals surface area contributed by atoms with E-state index in [4.69, 9.17) is 5.26 Å². The second kappa shape index (κ2) is 6.15. The number of benzene rings is 1. The zero-order valence-corrected chi connectivity index (χ0v) is 9.62. The molecule has 0 saturated heterocycles. The summed E-state index contributed by atoms with van der Waals surface area (Å²) in [6.07, 6.45) is 3.15. The average Bonchev–Trinajstić information content (AvgIpc) is 2.38. The van der Waals surface area contributed by atoms with Crippen molar-refractivity contribution >= 4 is 17.7 Å². The second-order valence-corrected chi connectivity index (χ2v) is 3.29. The summed E-state index contributed by atoms with van der Waals surface area (Å²) < 4.78 is 4.49. The van der Waals surface area contributed by atoms with Gasteiger partial charge >= 0.3 is 5.97 Å². The molecule has 0 aliphatic heterocycles. The smallest absolute Gasteiger partial charge is 0.338 e. The third kappa shape index (κ3) is 3.15. The van der Waals surface area contributed by atoms with Crippen LogP contribution in [0.1, 0.15) is 22.3 Å². The maximum atomic E-state index is 11.3. The highest BCUT2D eigenvalue weighted by molar-refractivity contribution is 5.90. The van der Waals surface area contributed by atoms with Crippen LogP contribution in [0.4, 0.5) is 5.69 Å². The Morgan fingerprint density at radius 1 is 1.61 bits per heavy atom. The van der Waals surface area contributed by atoms with Gasteiger partial charge in [-0.1, -0.05) is 12.2 Å². The average molecular weight is 246 g/mol. The Balaban J connectivity index is 3.17. The minimum absolute atomic E-state index is 0.113. The molecule has 1 aromatic rings. The molecule has 18 heavy (non-hydrogen) atoms. The second-order valence-electron chi connectivity index (χ2n) is 3.29. The summed E-state index contributed by atoms with van der Waals surface area (Å²) in [4.78, 5) is 21.5. The first kappa shape index (κ1) is 13.4. The van der Waals surface area contributed by atoms with Gasteiger partial charge in [-0.3, -0.25) is 10.1 Å². The van der Waals surface area contributed by atoms with E-state index in [9.17, 15) is 14.9 Å². The Hall–Kier alpha value is -2.68. The first-order valence-corrected chi connectivity index (χ1v) is 5.00. The standard InChI is InChI=1S/C12H10N2O4/c1-18-12(15)10-6-5-9(4-2-3-7-13)11(8-10)14(16)17/h2,4-6,8H,3H2,1H3. The number of nitro benzene ring substituents is 1. The van der Waals surface area contributed by atoms with Crippen LogP contribution in [-0.4, -0.2) is 18.0 Å². The molecule has 92 valence electrons. The lowest BCUT2D eigenvalue weighted by atomic mass is 10.1. The fourth-order valence-electron chi connectivity index (χ4n) is 1.33. The van der Waals surface area contributed by atoms with Gasteiger partial charge in [0, 0.05) is 6.07 Å². The Kier molecular flexibility index (Phi) is 4.58. The summed E-state index contributed by atoms with van der Waals surface area (Å²) >= 11 is 0. The number of hydrogen-bond donors (Lipinski definition) is 0. The molecule has 0 bridgehead atoms. The molecule has 0 fully saturated rings. The number of ether oxygens (including phenoxy) is 1. The van der Waals surface area contributed by atoms with Crippen LogP contribution < -0.4 is 0 Å². The van der Waals surface area contributed by atoms with E-state index in [0.717, 1.165) is 6.07 Å². The van der Waals surface area contributed by atoms with Crippen molar-refractivity contribution in [3.05, 3.63) is 45.5 Å². The number of carbonyl (C=O) groups is 1. The van der Waals surface area contributed by atoms with Crippen LogP contribution in [0.2, 0.25) is 0 Å². The van der Waals surface area contributed by atoms with Crippen molar-refractivity contribution in [1.82, 2.24) is 0 Å². The van der Waals surface area contributed by atoms with Crippen molar-refractivity contribution in [1.29, 1.82) is 5.26 Å². The van der Waals surface area contributed by atoms with E-state index < -0.39 is 10.9 Å². The monoisotopic (exact) mass is 246 g/mol. The predicted molar refractivity (Wildman–Crippen MR) is 63.7 cm³/mol. The zero-order chi connectivity index (χ0) is 13.5. The summed E-state index contributed by atoms with van der Waals surface area (Å²) in [5, 5.41) is 19.2. The molecule has 0 amide bonds. The molecule has 0 atom stereocenters. The lowest BCUT2D eigenvalue weighted by Gasteiger charge is -2.01. The van der Waals surface area contributed by atoms with Gasteiger partial charge in [-0.25, -0.2) is 4.79 Å². The quantitative estimate of drug-likeness (QED) is 0.461. The molecule has 0 aliphatic carbocycles. The molecule has 0 N–H and O–H groups in total. The molecule has 0 spiro atoms. The topological polar surface area (TPSA) is 93.2 Å². The van der Waals surface area contributed by atoms with Gasteiger partial charge in [0.2, 0.25) is 0 Å². The molecule has 0 heterocycles. The molecule has 0 radical (unpaired) electrons. The summed E-state index contributed by atoms with van der Waals surface area (Å²) in [6.45, 7) is 0. The normalized spacial score (nSPS) is 10.0. The molecule has 0 aromatic heterocycles. The van der Waals surface area contributed by atoms with Crippen molar-refractivity contribution in [3.63, 3.8) is 0 Å². The van der Waals surface area contributed by atoms with Crippen LogP contribution in [0.5, 0.6) is 0 Å². The highest BCUT2D eigenvalue weighted by atomic mass is 16.6. The van der Waals surface area contributed by atoms with Crippen LogP contribution in [-0.2, 0) is 4.74 Å². The summed E-state index contributed by atoms with van der Waals surface area (Å²) in [5.41, 5.74) is 0.247. The van der Waals surface area contributed by atoms with E-state index in [0.29, 0.717) is 5.56 Å². The first-order chi connectivity index (χ1) is 8.60. The molecular weight excluding hydrogens is 236 g/mol. The zero-order valence-electron chi connectivity index (χ0n) is 9.62. The molecule has 0 saturated carbocycles. The Labute approximate surface area is 103 Å². The maximum Gasteiger partial charge on any atom is 0.338 e. The first-order valence-electron chi connectivity index (χ1n) is 5.00. The predicted octanol–water partition coefficient (Wildman–Crippen LogP) is 2.31. The Morgan fingerprint density at radius 3 is 2.89 bits per heavy atom. The fourth-order valence-corrected chi connectivity index (χ4v) is 1.33. The largest absolute Gasteiger partial charge is 0.465 e. The van der Waals surface area contributed by atoms with Crippen LogP contribution >= 0.6 is 0 Å². The van der Waals surface area contributed by atoms with Gasteiger partial charge in [-0.2, -0.15) is 5.26 Å². The number of nitriles is 1. The van der Waals surface area contributed by atoms with E-state index in [1.807, 2.05) is 6.07 Å². The molecule has 6 heteroatoms. The van der Waals surface area contributed by atoms with E-state index in [1.165, 1.54) is 31.4 Å². The lowest BCUT2D eigenvalue weighted by molar-refractivity contribution is -0.385. The molecule has 1 rings (SSSR count). The number of nitrogens with zero attached hydrogens (tertiary/aromatic N) is 2. The van der Waals surface area contributed by atoms with E-state index in [1.54, 1.807) is 0 Å². The molecule has 1 aromatic carbocycles. The number of allylic oxidation sites excluding steroid dienone is 1. The Bertz CT molecular complexity index is 543. The summed E-state index contributed by atoms with van der Waals surface area (Å²) in [6, 6.07) is 5.92. The van der Waals surface area contributed by atoms with Crippen molar-refractivity contribution < 1.29 is 14.5 Å². The SMILES string of the molecule is COC(=O)c1ccc(C=CCC#N)c([N+](=O)[O-])c1. The van der Waals surface area contributed by atoms with E-state index >= 15 is 0 Å². The minimum atomic E-state index is -0.634. The van der Waals surface area contributed by atoms with Gasteiger partial charge in [-0.05, 0) is 12.1 Å². The van der Waals surface area contributed by atoms with E-state index in [2.05, 4.69) is 4.74 Å². The fraction of sp³-hybridized carbons (Fsp3) is 0.167.